The highest BCUT2D eigenvalue weighted by molar-refractivity contribution is 6.34. The fraction of sp³-hybridized carbons (Fsp3) is 0.346. The molecule has 2 amide bonds. The van der Waals surface area contributed by atoms with E-state index in [1.807, 2.05) is 0 Å². The molecule has 1 atom stereocenters. The van der Waals surface area contributed by atoms with Crippen LogP contribution >= 0.6 is 23.2 Å². The molecule has 2 N–H and O–H groups in total. The van der Waals surface area contributed by atoms with E-state index in [1.54, 1.807) is 48.4 Å². The second-order valence-corrected chi connectivity index (χ2v) is 10.3. The number of hydrogen-bond acceptors (Lipinski definition) is 5. The van der Waals surface area contributed by atoms with Gasteiger partial charge in [-0.25, -0.2) is 9.48 Å². The Morgan fingerprint density at radius 1 is 1.19 bits per heavy atom. The lowest BCUT2D eigenvalue weighted by atomic mass is 9.91. The van der Waals surface area contributed by atoms with Crippen LogP contribution in [0.15, 0.2) is 36.5 Å². The number of nitrogens with zero attached hydrogens (tertiary/aromatic N) is 4. The quantitative estimate of drug-likeness (QED) is 0.469. The molecule has 0 radical (unpaired) electrons. The average molecular weight is 542 g/mol. The highest BCUT2D eigenvalue weighted by Crippen LogP contribution is 2.38. The van der Waals surface area contributed by atoms with E-state index in [4.69, 9.17) is 23.2 Å². The van der Waals surface area contributed by atoms with Crippen molar-refractivity contribution in [2.45, 2.75) is 51.2 Å². The summed E-state index contributed by atoms with van der Waals surface area (Å²) in [7, 11) is 0. The summed E-state index contributed by atoms with van der Waals surface area (Å²) in [5.74, 6) is -1.47. The fourth-order valence-electron chi connectivity index (χ4n) is 4.70. The summed E-state index contributed by atoms with van der Waals surface area (Å²) in [5, 5.41) is 21.2. The van der Waals surface area contributed by atoms with Crippen LogP contribution in [0.3, 0.4) is 0 Å². The molecule has 37 heavy (non-hydrogen) atoms. The molecule has 2 aliphatic rings. The number of nitrogens with one attached hydrogen (secondary N) is 1. The van der Waals surface area contributed by atoms with Gasteiger partial charge in [-0.3, -0.25) is 9.59 Å². The Kier molecular flexibility index (Phi) is 6.92. The van der Waals surface area contributed by atoms with Gasteiger partial charge in [0.1, 0.15) is 6.04 Å². The van der Waals surface area contributed by atoms with E-state index in [0.29, 0.717) is 41.6 Å². The highest BCUT2D eigenvalue weighted by atomic mass is 35.5. The molecule has 3 aromatic rings. The predicted molar refractivity (Wildman–Crippen MR) is 137 cm³/mol. The first kappa shape index (κ1) is 25.2. The Bertz CT molecular complexity index is 1380. The number of fused-ring (bicyclic) bond motifs is 1. The maximum absolute atomic E-state index is 13.2. The Balaban J connectivity index is 1.32. The topological polar surface area (TPSA) is 117 Å². The molecule has 0 unspecified atom stereocenters. The molecule has 2 heterocycles. The number of aromatic nitrogens is 3. The van der Waals surface area contributed by atoms with Crippen molar-refractivity contribution in [1.82, 2.24) is 25.2 Å². The predicted octanol–water partition coefficient (Wildman–Crippen LogP) is 3.85. The third kappa shape index (κ3) is 5.33. The molecule has 0 spiro atoms. The molecule has 1 fully saturated rings. The Hall–Kier alpha value is -3.43. The largest absolute Gasteiger partial charge is 0.480 e. The lowest BCUT2D eigenvalue weighted by Crippen LogP contribution is -2.44. The molecule has 5 rings (SSSR count). The summed E-state index contributed by atoms with van der Waals surface area (Å²) in [5.41, 5.74) is 4.10. The van der Waals surface area contributed by atoms with Crippen LogP contribution < -0.4 is 5.32 Å². The zero-order chi connectivity index (χ0) is 26.3. The average Bonchev–Trinajstić information content (AvgIpc) is 3.61. The van der Waals surface area contributed by atoms with E-state index in [0.717, 1.165) is 29.7 Å². The Morgan fingerprint density at radius 2 is 1.92 bits per heavy atom. The zero-order valence-electron chi connectivity index (χ0n) is 20.1. The minimum atomic E-state index is -1.21. The van der Waals surface area contributed by atoms with Crippen molar-refractivity contribution in [3.05, 3.63) is 80.1 Å². The van der Waals surface area contributed by atoms with Crippen molar-refractivity contribution >= 4 is 41.0 Å². The van der Waals surface area contributed by atoms with E-state index in [2.05, 4.69) is 15.6 Å². The van der Waals surface area contributed by atoms with Gasteiger partial charge in [-0.2, -0.15) is 0 Å². The molecular formula is C26H25Cl2N5O4. The summed E-state index contributed by atoms with van der Waals surface area (Å²) >= 11 is 12.5. The first-order chi connectivity index (χ1) is 17.7. The number of carbonyl (C=O) groups excluding carboxylic acids is 2. The van der Waals surface area contributed by atoms with E-state index in [1.165, 1.54) is 4.68 Å². The van der Waals surface area contributed by atoms with Crippen LogP contribution in [-0.4, -0.2) is 55.4 Å². The van der Waals surface area contributed by atoms with E-state index in [9.17, 15) is 19.5 Å². The van der Waals surface area contributed by atoms with Crippen LogP contribution in [0.5, 0.6) is 0 Å². The molecule has 1 aliphatic carbocycles. The van der Waals surface area contributed by atoms with E-state index in [-0.39, 0.29) is 23.0 Å². The number of benzene rings is 2. The van der Waals surface area contributed by atoms with Crippen LogP contribution in [0.4, 0.5) is 0 Å². The number of halogens is 2. The van der Waals surface area contributed by atoms with E-state index < -0.39 is 17.9 Å². The van der Waals surface area contributed by atoms with Gasteiger partial charge in [-0.1, -0.05) is 28.4 Å². The number of amides is 2. The van der Waals surface area contributed by atoms with Crippen LogP contribution in [0.1, 0.15) is 61.9 Å². The normalized spacial score (nSPS) is 15.7. The van der Waals surface area contributed by atoms with Gasteiger partial charge < -0.3 is 15.3 Å². The van der Waals surface area contributed by atoms with Gasteiger partial charge in [0.15, 0.2) is 0 Å². The Morgan fingerprint density at radius 3 is 2.59 bits per heavy atom. The van der Waals surface area contributed by atoms with Gasteiger partial charge in [-0.15, -0.1) is 5.10 Å². The van der Waals surface area contributed by atoms with Crippen molar-refractivity contribution in [1.29, 1.82) is 0 Å². The third-order valence-electron chi connectivity index (χ3n) is 6.88. The molecule has 0 bridgehead atoms. The molecule has 9 nitrogen and oxygen atoms in total. The summed E-state index contributed by atoms with van der Waals surface area (Å²) in [6.45, 7) is 2.58. The number of hydrogen-bond donors (Lipinski definition) is 2. The smallest absolute Gasteiger partial charge is 0.328 e. The summed E-state index contributed by atoms with van der Waals surface area (Å²) in [6.07, 6.45) is 4.39. The summed E-state index contributed by atoms with van der Waals surface area (Å²) in [6, 6.07) is 7.22. The molecule has 1 aliphatic heterocycles. The van der Waals surface area contributed by atoms with Crippen molar-refractivity contribution < 1.29 is 19.5 Å². The molecule has 1 saturated carbocycles. The molecule has 0 saturated heterocycles. The van der Waals surface area contributed by atoms with Gasteiger partial charge in [0, 0.05) is 35.8 Å². The van der Waals surface area contributed by atoms with Gasteiger partial charge in [0.2, 0.25) is 0 Å². The molecular weight excluding hydrogens is 517 g/mol. The molecule has 1 aromatic heterocycles. The zero-order valence-corrected chi connectivity index (χ0v) is 21.6. The maximum Gasteiger partial charge on any atom is 0.328 e. The monoisotopic (exact) mass is 541 g/mol. The summed E-state index contributed by atoms with van der Waals surface area (Å²) in [4.78, 5) is 39.8. The van der Waals surface area contributed by atoms with E-state index >= 15 is 0 Å². The van der Waals surface area contributed by atoms with Crippen LogP contribution in [-0.2, 0) is 24.3 Å². The molecule has 192 valence electrons. The van der Waals surface area contributed by atoms with Crippen LogP contribution in [0.2, 0.25) is 10.0 Å². The van der Waals surface area contributed by atoms with Gasteiger partial charge in [0.25, 0.3) is 11.8 Å². The van der Waals surface area contributed by atoms with Crippen molar-refractivity contribution in [2.75, 3.05) is 6.54 Å². The van der Waals surface area contributed by atoms with Crippen molar-refractivity contribution in [3.63, 3.8) is 0 Å². The standard InChI is InChI=1S/C26H25Cl2N5O4/c1-14-19-8-9-32(25(35)16-4-6-18(27)7-5-16)11-17(19)10-20(28)23(14)24(34)29-22(26(36)37)13-33-12-21(30-31-33)15-2-3-15/h4-7,10,12,15,22H,2-3,8-9,11,13H2,1H3,(H,29,34)(H,36,37)/t22-/m0/s1. The molecule has 2 aromatic carbocycles. The fourth-order valence-corrected chi connectivity index (χ4v) is 5.19. The number of rotatable bonds is 7. The van der Waals surface area contributed by atoms with Gasteiger partial charge in [0.05, 0.1) is 22.8 Å². The number of carboxylic acid groups (broad SMARTS) is 1. The first-order valence-corrected chi connectivity index (χ1v) is 12.8. The highest BCUT2D eigenvalue weighted by Gasteiger charge is 2.30. The van der Waals surface area contributed by atoms with Gasteiger partial charge in [-0.05, 0) is 73.2 Å². The van der Waals surface area contributed by atoms with Crippen molar-refractivity contribution in [2.24, 2.45) is 0 Å². The SMILES string of the molecule is Cc1c2c(cc(Cl)c1C(=O)N[C@@H](Cn1cc(C3CC3)nn1)C(=O)O)CN(C(=O)c1ccc(Cl)cc1)CC2. The first-order valence-electron chi connectivity index (χ1n) is 12.0. The van der Waals surface area contributed by atoms with Crippen LogP contribution in [0.25, 0.3) is 0 Å². The number of carboxylic acids is 1. The minimum Gasteiger partial charge on any atom is -0.480 e. The number of aliphatic carboxylic acids is 1. The number of carbonyl (C=O) groups is 3. The second kappa shape index (κ2) is 10.1. The maximum atomic E-state index is 13.2. The Labute approximate surface area is 223 Å². The molecule has 11 heteroatoms. The second-order valence-electron chi connectivity index (χ2n) is 9.48. The lowest BCUT2D eigenvalue weighted by molar-refractivity contribution is -0.139. The van der Waals surface area contributed by atoms with Crippen molar-refractivity contribution in [3.8, 4) is 0 Å². The lowest BCUT2D eigenvalue weighted by Gasteiger charge is -2.31. The van der Waals surface area contributed by atoms with Crippen LogP contribution in [0, 0.1) is 6.92 Å². The minimum absolute atomic E-state index is 0.0514. The third-order valence-corrected chi connectivity index (χ3v) is 7.43. The van der Waals surface area contributed by atoms with Gasteiger partial charge >= 0.3 is 5.97 Å². The summed E-state index contributed by atoms with van der Waals surface area (Å²) < 4.78 is 1.44.